The van der Waals surface area contributed by atoms with Crippen molar-refractivity contribution in [2.24, 2.45) is 5.73 Å². The second kappa shape index (κ2) is 6.76. The Labute approximate surface area is 158 Å². The van der Waals surface area contributed by atoms with Gasteiger partial charge in [-0.05, 0) is 37.3 Å². The van der Waals surface area contributed by atoms with Crippen LogP contribution in [0.3, 0.4) is 0 Å². The standard InChI is InChI=1S/C19H17FN6O2/c1-2-25-18(28)13-5-3-4-6-15(13)26-16(23-24-19(25)26)10-22-11-7-8-12(17(21)27)14(20)9-11/h3-9,22H,2,10H2,1H3,(H2,21,27). The van der Waals surface area contributed by atoms with Gasteiger partial charge in [-0.1, -0.05) is 12.1 Å². The fourth-order valence-corrected chi connectivity index (χ4v) is 3.22. The SMILES string of the molecule is CCn1c(=O)c2ccccc2n2c(CNc3ccc(C(N)=O)c(F)c3)nnc12. The number of primary amides is 1. The molecule has 3 N–H and O–H groups in total. The van der Waals surface area contributed by atoms with E-state index in [1.165, 1.54) is 12.1 Å². The number of hydrogen-bond acceptors (Lipinski definition) is 5. The van der Waals surface area contributed by atoms with Crippen LogP contribution >= 0.6 is 0 Å². The van der Waals surface area contributed by atoms with Gasteiger partial charge in [0.2, 0.25) is 5.78 Å². The third-order valence-corrected chi connectivity index (χ3v) is 4.58. The average Bonchev–Trinajstić information content (AvgIpc) is 3.10. The molecule has 2 aromatic heterocycles. The van der Waals surface area contributed by atoms with E-state index in [0.717, 1.165) is 0 Å². The van der Waals surface area contributed by atoms with Gasteiger partial charge in [-0.25, -0.2) is 4.39 Å². The number of carbonyl (C=O) groups excluding carboxylic acids is 1. The van der Waals surface area contributed by atoms with Crippen LogP contribution in [-0.2, 0) is 13.1 Å². The van der Waals surface area contributed by atoms with Crippen LogP contribution in [0.25, 0.3) is 16.7 Å². The zero-order valence-electron chi connectivity index (χ0n) is 15.0. The van der Waals surface area contributed by atoms with Crippen LogP contribution in [0.15, 0.2) is 47.3 Å². The summed E-state index contributed by atoms with van der Waals surface area (Å²) in [5, 5.41) is 12.0. The van der Waals surface area contributed by atoms with Crippen molar-refractivity contribution in [3.8, 4) is 0 Å². The van der Waals surface area contributed by atoms with Crippen molar-refractivity contribution in [1.82, 2.24) is 19.2 Å². The van der Waals surface area contributed by atoms with Gasteiger partial charge in [0.05, 0.1) is 23.0 Å². The van der Waals surface area contributed by atoms with Gasteiger partial charge in [-0.2, -0.15) is 0 Å². The molecule has 8 nitrogen and oxygen atoms in total. The van der Waals surface area contributed by atoms with Gasteiger partial charge in [0.1, 0.15) is 5.82 Å². The number of aryl methyl sites for hydroxylation is 1. The molecule has 2 heterocycles. The maximum absolute atomic E-state index is 14.0. The molecule has 0 unspecified atom stereocenters. The number of carbonyl (C=O) groups is 1. The van der Waals surface area contributed by atoms with Crippen molar-refractivity contribution in [3.05, 3.63) is 70.0 Å². The van der Waals surface area contributed by atoms with Gasteiger partial charge >= 0.3 is 0 Å². The summed E-state index contributed by atoms with van der Waals surface area (Å²) in [7, 11) is 0. The van der Waals surface area contributed by atoms with E-state index in [1.54, 1.807) is 27.2 Å². The molecule has 0 aliphatic heterocycles. The van der Waals surface area contributed by atoms with E-state index in [-0.39, 0.29) is 17.7 Å². The van der Waals surface area contributed by atoms with Crippen LogP contribution in [0.1, 0.15) is 23.1 Å². The number of nitrogens with one attached hydrogen (secondary N) is 1. The molecular formula is C19H17FN6O2. The van der Waals surface area contributed by atoms with Crippen LogP contribution in [-0.4, -0.2) is 25.1 Å². The first kappa shape index (κ1) is 17.7. The smallest absolute Gasteiger partial charge is 0.262 e. The highest BCUT2D eigenvalue weighted by Gasteiger charge is 2.15. The predicted octanol–water partition coefficient (Wildman–Crippen LogP) is 1.91. The summed E-state index contributed by atoms with van der Waals surface area (Å²) in [5.41, 5.74) is 5.99. The number of rotatable bonds is 5. The number of aromatic nitrogens is 4. The quantitative estimate of drug-likeness (QED) is 0.550. The fourth-order valence-electron chi connectivity index (χ4n) is 3.22. The van der Waals surface area contributed by atoms with Gasteiger partial charge in [-0.15, -0.1) is 10.2 Å². The highest BCUT2D eigenvalue weighted by Crippen LogP contribution is 2.17. The Kier molecular flexibility index (Phi) is 4.26. The molecule has 0 saturated carbocycles. The first-order chi connectivity index (χ1) is 13.5. The molecule has 142 valence electrons. The number of halogens is 1. The van der Waals surface area contributed by atoms with E-state index in [1.807, 2.05) is 19.1 Å². The molecule has 4 rings (SSSR count). The van der Waals surface area contributed by atoms with E-state index in [0.29, 0.717) is 34.7 Å². The van der Waals surface area contributed by atoms with Gasteiger partial charge < -0.3 is 11.1 Å². The van der Waals surface area contributed by atoms with E-state index >= 15 is 0 Å². The van der Waals surface area contributed by atoms with Gasteiger partial charge in [0.25, 0.3) is 11.5 Å². The van der Waals surface area contributed by atoms with Crippen molar-refractivity contribution >= 4 is 28.3 Å². The van der Waals surface area contributed by atoms with E-state index in [2.05, 4.69) is 15.5 Å². The Morgan fingerprint density at radius 3 is 2.71 bits per heavy atom. The molecule has 0 saturated heterocycles. The van der Waals surface area contributed by atoms with Crippen molar-refractivity contribution in [3.63, 3.8) is 0 Å². The normalized spacial score (nSPS) is 11.2. The van der Waals surface area contributed by atoms with Crippen LogP contribution < -0.4 is 16.6 Å². The highest BCUT2D eigenvalue weighted by molar-refractivity contribution is 5.93. The molecule has 0 spiro atoms. The van der Waals surface area contributed by atoms with Gasteiger partial charge in [-0.3, -0.25) is 18.6 Å². The van der Waals surface area contributed by atoms with Crippen molar-refractivity contribution in [2.75, 3.05) is 5.32 Å². The van der Waals surface area contributed by atoms with Crippen molar-refractivity contribution < 1.29 is 9.18 Å². The minimum absolute atomic E-state index is 0.123. The largest absolute Gasteiger partial charge is 0.378 e. The molecule has 0 atom stereocenters. The maximum Gasteiger partial charge on any atom is 0.262 e. The number of amides is 1. The highest BCUT2D eigenvalue weighted by atomic mass is 19.1. The van der Waals surface area contributed by atoms with Crippen molar-refractivity contribution in [2.45, 2.75) is 20.0 Å². The summed E-state index contributed by atoms with van der Waals surface area (Å²) in [6.07, 6.45) is 0. The lowest BCUT2D eigenvalue weighted by atomic mass is 10.2. The lowest BCUT2D eigenvalue weighted by molar-refractivity contribution is 0.0996. The van der Waals surface area contributed by atoms with Gasteiger partial charge in [0, 0.05) is 12.2 Å². The van der Waals surface area contributed by atoms with E-state index in [9.17, 15) is 14.0 Å². The molecule has 4 aromatic rings. The molecule has 9 heteroatoms. The maximum atomic E-state index is 14.0. The van der Waals surface area contributed by atoms with Crippen LogP contribution in [0.4, 0.5) is 10.1 Å². The Balaban J connectivity index is 1.76. The summed E-state index contributed by atoms with van der Waals surface area (Å²) in [5.74, 6) is -0.517. The molecule has 2 aromatic carbocycles. The number of fused-ring (bicyclic) bond motifs is 3. The minimum Gasteiger partial charge on any atom is -0.378 e. The van der Waals surface area contributed by atoms with Crippen LogP contribution in [0.2, 0.25) is 0 Å². The molecule has 0 aliphatic rings. The molecule has 1 amide bonds. The molecular weight excluding hydrogens is 363 g/mol. The number of para-hydroxylation sites is 1. The zero-order valence-corrected chi connectivity index (χ0v) is 15.0. The first-order valence-corrected chi connectivity index (χ1v) is 8.70. The fraction of sp³-hybridized carbons (Fsp3) is 0.158. The summed E-state index contributed by atoms with van der Waals surface area (Å²) < 4.78 is 17.3. The monoisotopic (exact) mass is 380 g/mol. The van der Waals surface area contributed by atoms with Crippen molar-refractivity contribution in [1.29, 1.82) is 0 Å². The molecule has 0 radical (unpaired) electrons. The summed E-state index contributed by atoms with van der Waals surface area (Å²) in [6, 6.07) is 11.3. The third-order valence-electron chi connectivity index (χ3n) is 4.58. The summed E-state index contributed by atoms with van der Waals surface area (Å²) in [4.78, 5) is 23.8. The molecule has 0 bridgehead atoms. The second-order valence-corrected chi connectivity index (χ2v) is 6.23. The Hall–Kier alpha value is -3.75. The number of hydrogen-bond donors (Lipinski definition) is 2. The lowest BCUT2D eigenvalue weighted by Gasteiger charge is -2.10. The Morgan fingerprint density at radius 2 is 2.00 bits per heavy atom. The average molecular weight is 380 g/mol. The third kappa shape index (κ3) is 2.77. The Bertz CT molecular complexity index is 1280. The molecule has 0 aliphatic carbocycles. The topological polar surface area (TPSA) is 107 Å². The van der Waals surface area contributed by atoms with E-state index in [4.69, 9.17) is 5.73 Å². The second-order valence-electron chi connectivity index (χ2n) is 6.23. The number of nitrogens with zero attached hydrogens (tertiary/aromatic N) is 4. The number of anilines is 1. The minimum atomic E-state index is -0.823. The van der Waals surface area contributed by atoms with Crippen LogP contribution in [0.5, 0.6) is 0 Å². The number of nitrogens with two attached hydrogens (primary N) is 1. The zero-order chi connectivity index (χ0) is 19.8. The summed E-state index contributed by atoms with van der Waals surface area (Å²) >= 11 is 0. The van der Waals surface area contributed by atoms with E-state index < -0.39 is 11.7 Å². The van der Waals surface area contributed by atoms with Crippen LogP contribution in [0, 0.1) is 5.82 Å². The Morgan fingerprint density at radius 1 is 1.21 bits per heavy atom. The molecule has 28 heavy (non-hydrogen) atoms. The lowest BCUT2D eigenvalue weighted by Crippen LogP contribution is -2.23. The predicted molar refractivity (Wildman–Crippen MR) is 103 cm³/mol. The van der Waals surface area contributed by atoms with Gasteiger partial charge in [0.15, 0.2) is 5.82 Å². The summed E-state index contributed by atoms with van der Waals surface area (Å²) in [6.45, 7) is 2.56. The molecule has 0 fully saturated rings. The number of benzene rings is 2. The first-order valence-electron chi connectivity index (χ1n) is 8.70.